The Bertz CT molecular complexity index is 1650. The summed E-state index contributed by atoms with van der Waals surface area (Å²) in [7, 11) is 1.67. The summed E-state index contributed by atoms with van der Waals surface area (Å²) in [4.78, 5) is 27.6. The Hall–Kier alpha value is -4.22. The Morgan fingerprint density at radius 3 is 2.39 bits per heavy atom. The lowest BCUT2D eigenvalue weighted by Crippen LogP contribution is -2.42. The van der Waals surface area contributed by atoms with E-state index < -0.39 is 12.7 Å². The fourth-order valence-corrected chi connectivity index (χ4v) is 5.47. The normalized spacial score (nSPS) is 16.0. The van der Waals surface area contributed by atoms with Gasteiger partial charge in [-0.15, -0.1) is 0 Å². The van der Waals surface area contributed by atoms with Crippen LogP contribution in [-0.2, 0) is 5.41 Å². The van der Waals surface area contributed by atoms with Gasteiger partial charge in [0.05, 0.1) is 16.8 Å². The second-order valence-corrected chi connectivity index (χ2v) is 10.8. The number of pyridine rings is 1. The number of anilines is 1. The number of fused-ring (bicyclic) bond motifs is 1. The molecular formula is C30H32F2N8O. The van der Waals surface area contributed by atoms with E-state index >= 15 is 0 Å². The number of aryl methyl sites for hydroxylation is 1. The molecule has 5 heterocycles. The average Bonchev–Trinajstić information content (AvgIpc) is 3.61. The van der Waals surface area contributed by atoms with Crippen LogP contribution in [0.3, 0.4) is 0 Å². The van der Waals surface area contributed by atoms with E-state index in [4.69, 9.17) is 4.98 Å². The molecule has 1 saturated heterocycles. The van der Waals surface area contributed by atoms with E-state index in [1.807, 2.05) is 19.1 Å². The highest BCUT2D eigenvalue weighted by molar-refractivity contribution is 5.91. The second kappa shape index (κ2) is 10.6. The zero-order valence-corrected chi connectivity index (χ0v) is 23.1. The number of halogens is 2. The summed E-state index contributed by atoms with van der Waals surface area (Å²) in [5.41, 5.74) is 5.46. The number of aromatic nitrogens is 6. The van der Waals surface area contributed by atoms with Crippen LogP contribution in [0.25, 0.3) is 33.5 Å². The van der Waals surface area contributed by atoms with Crippen molar-refractivity contribution in [3.05, 3.63) is 77.8 Å². The Labute approximate surface area is 236 Å². The molecular weight excluding hydrogens is 526 g/mol. The number of nitrogens with zero attached hydrogens (tertiary/aromatic N) is 5. The number of alkyl halides is 2. The van der Waals surface area contributed by atoms with E-state index in [-0.39, 0.29) is 11.0 Å². The number of rotatable bonds is 7. The lowest BCUT2D eigenvalue weighted by molar-refractivity contribution is 0.144. The smallest absolute Gasteiger partial charge is 0.263 e. The van der Waals surface area contributed by atoms with E-state index in [0.29, 0.717) is 5.69 Å². The molecule has 1 aromatic carbocycles. The lowest BCUT2D eigenvalue weighted by atomic mass is 9.79. The van der Waals surface area contributed by atoms with Crippen molar-refractivity contribution < 1.29 is 13.9 Å². The van der Waals surface area contributed by atoms with Crippen LogP contribution in [0, 0.1) is 6.92 Å². The monoisotopic (exact) mass is 558 g/mol. The molecule has 1 fully saturated rings. The van der Waals surface area contributed by atoms with Gasteiger partial charge in [-0.2, -0.15) is 0 Å². The summed E-state index contributed by atoms with van der Waals surface area (Å²) in [6.45, 7) is 5.77. The van der Waals surface area contributed by atoms with Gasteiger partial charge in [-0.25, -0.2) is 23.7 Å². The Morgan fingerprint density at radius 1 is 1.00 bits per heavy atom. The molecule has 0 amide bonds. The largest absolute Gasteiger partial charge is 0.373 e. The SMILES string of the molecule is CNC(O)c1ccc(-c2cc3c(N4CCC(C)(c5nc(-c6ccc(C(F)F)cc6)c(C)[nH]5)CC4)ncnc3[nH]2)cn1. The number of aliphatic hydroxyl groups excluding tert-OH is 1. The summed E-state index contributed by atoms with van der Waals surface area (Å²) in [6.07, 6.45) is 1.74. The molecule has 4 aromatic heterocycles. The summed E-state index contributed by atoms with van der Waals surface area (Å²) in [5, 5.41) is 13.7. The van der Waals surface area contributed by atoms with Crippen LogP contribution in [-0.4, -0.2) is 55.1 Å². The van der Waals surface area contributed by atoms with Crippen molar-refractivity contribution in [3.8, 4) is 22.5 Å². The third-order valence-corrected chi connectivity index (χ3v) is 8.11. The summed E-state index contributed by atoms with van der Waals surface area (Å²) in [5.74, 6) is 1.80. The molecule has 1 atom stereocenters. The number of hydrogen-bond donors (Lipinski definition) is 4. The average molecular weight is 559 g/mol. The highest BCUT2D eigenvalue weighted by Gasteiger charge is 2.36. The topological polar surface area (TPSA) is 119 Å². The van der Waals surface area contributed by atoms with E-state index in [9.17, 15) is 13.9 Å². The second-order valence-electron chi connectivity index (χ2n) is 10.8. The summed E-state index contributed by atoms with van der Waals surface area (Å²) in [6, 6.07) is 12.1. The number of imidazole rings is 1. The molecule has 0 spiro atoms. The van der Waals surface area contributed by atoms with Crippen molar-refractivity contribution in [2.45, 2.75) is 44.8 Å². The van der Waals surface area contributed by atoms with Gasteiger partial charge in [0, 0.05) is 52.8 Å². The number of nitrogens with one attached hydrogen (secondary N) is 3. The first-order chi connectivity index (χ1) is 19.8. The fraction of sp³-hybridized carbons (Fsp3) is 0.333. The van der Waals surface area contributed by atoms with Crippen molar-refractivity contribution >= 4 is 16.9 Å². The fourth-order valence-electron chi connectivity index (χ4n) is 5.47. The van der Waals surface area contributed by atoms with Crippen LogP contribution in [0.1, 0.15) is 55.2 Å². The van der Waals surface area contributed by atoms with Crippen LogP contribution in [0.5, 0.6) is 0 Å². The van der Waals surface area contributed by atoms with Crippen molar-refractivity contribution in [2.75, 3.05) is 25.0 Å². The highest BCUT2D eigenvalue weighted by atomic mass is 19.3. The predicted octanol–water partition coefficient (Wildman–Crippen LogP) is 5.42. The van der Waals surface area contributed by atoms with E-state index in [0.717, 1.165) is 76.8 Å². The molecule has 0 saturated carbocycles. The molecule has 0 radical (unpaired) electrons. The highest BCUT2D eigenvalue weighted by Crippen LogP contribution is 2.38. The molecule has 1 unspecified atom stereocenters. The summed E-state index contributed by atoms with van der Waals surface area (Å²) < 4.78 is 26.0. The molecule has 9 nitrogen and oxygen atoms in total. The molecule has 5 aromatic rings. The van der Waals surface area contributed by atoms with Gasteiger partial charge in [0.2, 0.25) is 0 Å². The van der Waals surface area contributed by atoms with Gasteiger partial charge in [0.15, 0.2) is 0 Å². The number of aromatic amines is 2. The minimum absolute atomic E-state index is 0.00815. The number of aliphatic hydroxyl groups is 1. The van der Waals surface area contributed by atoms with E-state index in [1.165, 1.54) is 12.1 Å². The molecule has 11 heteroatoms. The van der Waals surface area contributed by atoms with Gasteiger partial charge in [-0.3, -0.25) is 10.3 Å². The molecule has 1 aliphatic rings. The Balaban J connectivity index is 1.20. The van der Waals surface area contributed by atoms with Gasteiger partial charge >= 0.3 is 0 Å². The van der Waals surface area contributed by atoms with Crippen LogP contribution in [0.15, 0.2) is 55.0 Å². The van der Waals surface area contributed by atoms with Crippen LogP contribution in [0.4, 0.5) is 14.6 Å². The van der Waals surface area contributed by atoms with Crippen LogP contribution < -0.4 is 10.2 Å². The minimum atomic E-state index is -2.49. The Kier molecular flexibility index (Phi) is 7.00. The molecule has 212 valence electrons. The number of piperidine rings is 1. The lowest BCUT2D eigenvalue weighted by Gasteiger charge is -2.38. The van der Waals surface area contributed by atoms with Crippen molar-refractivity contribution in [2.24, 2.45) is 0 Å². The third-order valence-electron chi connectivity index (χ3n) is 8.11. The maximum absolute atomic E-state index is 13.0. The third kappa shape index (κ3) is 5.07. The van der Waals surface area contributed by atoms with Crippen molar-refractivity contribution in [3.63, 3.8) is 0 Å². The Morgan fingerprint density at radius 2 is 1.73 bits per heavy atom. The zero-order valence-electron chi connectivity index (χ0n) is 23.1. The van der Waals surface area contributed by atoms with Gasteiger partial charge in [0.1, 0.15) is 29.8 Å². The molecule has 6 rings (SSSR count). The molecule has 0 bridgehead atoms. The van der Waals surface area contributed by atoms with Crippen molar-refractivity contribution in [1.82, 2.24) is 35.2 Å². The number of hydrogen-bond acceptors (Lipinski definition) is 7. The maximum Gasteiger partial charge on any atom is 0.263 e. The standard InChI is InChI=1S/C30H32F2N8O/c1-17-24(18-4-6-19(7-5-18)25(31)32)39-29(37-17)30(2)10-12-40(13-11-30)27-21-14-23(38-26(21)35-16-36-27)20-8-9-22(34-15-20)28(41)33-3/h4-9,14-16,25,28,33,41H,10-13H2,1-3H3,(H,37,39)(H,35,36,38). The molecule has 4 N–H and O–H groups in total. The van der Waals surface area contributed by atoms with Crippen LogP contribution >= 0.6 is 0 Å². The summed E-state index contributed by atoms with van der Waals surface area (Å²) >= 11 is 0. The first kappa shape index (κ1) is 27.0. The number of H-pyrrole nitrogens is 2. The first-order valence-corrected chi connectivity index (χ1v) is 13.6. The molecule has 1 aliphatic heterocycles. The maximum atomic E-state index is 13.0. The van der Waals surface area contributed by atoms with Crippen LogP contribution in [0.2, 0.25) is 0 Å². The zero-order chi connectivity index (χ0) is 28.7. The van der Waals surface area contributed by atoms with Gasteiger partial charge in [-0.05, 0) is 45.0 Å². The van der Waals surface area contributed by atoms with Crippen molar-refractivity contribution in [1.29, 1.82) is 0 Å². The number of benzene rings is 1. The molecule has 0 aliphatic carbocycles. The quantitative estimate of drug-likeness (QED) is 0.197. The van der Waals surface area contributed by atoms with Gasteiger partial charge < -0.3 is 20.0 Å². The first-order valence-electron chi connectivity index (χ1n) is 13.6. The van der Waals surface area contributed by atoms with E-state index in [2.05, 4.69) is 42.1 Å². The van der Waals surface area contributed by atoms with Gasteiger partial charge in [0.25, 0.3) is 6.43 Å². The van der Waals surface area contributed by atoms with Gasteiger partial charge in [-0.1, -0.05) is 31.2 Å². The minimum Gasteiger partial charge on any atom is -0.373 e. The molecule has 41 heavy (non-hydrogen) atoms. The van der Waals surface area contributed by atoms with E-state index in [1.54, 1.807) is 37.8 Å². The predicted molar refractivity (Wildman–Crippen MR) is 154 cm³/mol.